The number of hydrogen-bond donors (Lipinski definition) is 1. The van der Waals surface area contributed by atoms with Crippen molar-refractivity contribution >= 4 is 33.5 Å². The number of amides is 1. The van der Waals surface area contributed by atoms with E-state index in [4.69, 9.17) is 0 Å². The van der Waals surface area contributed by atoms with Crippen LogP contribution in [0.15, 0.2) is 90.5 Å². The number of benzene rings is 4. The lowest BCUT2D eigenvalue weighted by molar-refractivity contribution is -0.117. The summed E-state index contributed by atoms with van der Waals surface area (Å²) in [6, 6.07) is 29.9. The van der Waals surface area contributed by atoms with E-state index in [1.807, 2.05) is 78.9 Å². The lowest BCUT2D eigenvalue weighted by atomic mass is 9.95. The molecule has 4 rings (SSSR count). The van der Waals surface area contributed by atoms with E-state index >= 15 is 0 Å². The number of nitrogens with zero attached hydrogens (tertiary/aromatic N) is 1. The van der Waals surface area contributed by atoms with Crippen molar-refractivity contribution in [3.63, 3.8) is 0 Å². The van der Waals surface area contributed by atoms with Crippen LogP contribution in [-0.2, 0) is 11.3 Å². The molecule has 0 fully saturated rings. The fourth-order valence-electron chi connectivity index (χ4n) is 3.37. The van der Waals surface area contributed by atoms with Gasteiger partial charge in [0, 0.05) is 6.54 Å². The van der Waals surface area contributed by atoms with Crippen LogP contribution in [0.2, 0.25) is 0 Å². The maximum absolute atomic E-state index is 12.6. The van der Waals surface area contributed by atoms with Crippen LogP contribution >= 0.6 is 0 Å². The fraction of sp³-hybridized carbons (Fsp3) is 0.0400. The van der Waals surface area contributed by atoms with Gasteiger partial charge in [-0.2, -0.15) is 5.26 Å². The van der Waals surface area contributed by atoms with Crippen LogP contribution in [0.25, 0.3) is 27.6 Å². The third-order valence-electron chi connectivity index (χ3n) is 4.76. The Kier molecular flexibility index (Phi) is 4.86. The van der Waals surface area contributed by atoms with Crippen molar-refractivity contribution in [1.82, 2.24) is 5.32 Å². The van der Waals surface area contributed by atoms with Crippen LogP contribution in [-0.4, -0.2) is 5.91 Å². The fourth-order valence-corrected chi connectivity index (χ4v) is 3.37. The van der Waals surface area contributed by atoms with Gasteiger partial charge in [0.15, 0.2) is 0 Å². The van der Waals surface area contributed by atoms with E-state index in [9.17, 15) is 10.1 Å². The summed E-state index contributed by atoms with van der Waals surface area (Å²) < 4.78 is 0. The molecule has 0 aromatic heterocycles. The largest absolute Gasteiger partial charge is 0.347 e. The average Bonchev–Trinajstić information content (AvgIpc) is 2.75. The number of carbonyl (C=O) groups excluding carboxylic acids is 1. The maximum atomic E-state index is 12.6. The number of fused-ring (bicyclic) bond motifs is 2. The summed E-state index contributed by atoms with van der Waals surface area (Å²) in [5, 5.41) is 16.6. The van der Waals surface area contributed by atoms with Gasteiger partial charge in [-0.3, -0.25) is 4.79 Å². The van der Waals surface area contributed by atoms with E-state index in [2.05, 4.69) is 17.5 Å². The number of hydrogen-bond acceptors (Lipinski definition) is 2. The molecule has 134 valence electrons. The minimum Gasteiger partial charge on any atom is -0.347 e. The summed E-state index contributed by atoms with van der Waals surface area (Å²) in [5.41, 5.74) is 1.97. The van der Waals surface area contributed by atoms with E-state index in [1.165, 1.54) is 0 Å². The Labute approximate surface area is 163 Å². The standard InChI is InChI=1S/C25H18N2O/c26-16-21(25(28)27-17-18-8-2-1-3-9-18)15-24-22-12-6-4-10-19(22)14-20-11-5-7-13-23(20)24/h1-15H,17H2,(H,27,28)/b21-15-. The molecule has 4 aromatic rings. The van der Waals surface area contributed by atoms with E-state index in [-0.39, 0.29) is 11.5 Å². The monoisotopic (exact) mass is 362 g/mol. The number of carbonyl (C=O) groups is 1. The molecule has 1 amide bonds. The van der Waals surface area contributed by atoms with Gasteiger partial charge in [-0.25, -0.2) is 0 Å². The lowest BCUT2D eigenvalue weighted by Crippen LogP contribution is -2.23. The first-order valence-electron chi connectivity index (χ1n) is 9.10. The highest BCUT2D eigenvalue weighted by Gasteiger charge is 2.12. The van der Waals surface area contributed by atoms with Crippen molar-refractivity contribution in [3.8, 4) is 6.07 Å². The zero-order chi connectivity index (χ0) is 19.3. The van der Waals surface area contributed by atoms with Gasteiger partial charge in [-0.05, 0) is 44.8 Å². The van der Waals surface area contributed by atoms with Gasteiger partial charge in [0.2, 0.25) is 0 Å². The molecule has 0 radical (unpaired) electrons. The van der Waals surface area contributed by atoms with E-state index < -0.39 is 0 Å². The average molecular weight is 362 g/mol. The minimum absolute atomic E-state index is 0.0948. The van der Waals surface area contributed by atoms with Crippen molar-refractivity contribution in [2.75, 3.05) is 0 Å². The molecule has 1 N–H and O–H groups in total. The number of nitrogens with one attached hydrogen (secondary N) is 1. The third-order valence-corrected chi connectivity index (χ3v) is 4.76. The number of nitriles is 1. The Balaban J connectivity index is 1.76. The molecule has 0 saturated carbocycles. The summed E-state index contributed by atoms with van der Waals surface area (Å²) >= 11 is 0. The molecule has 0 spiro atoms. The number of rotatable bonds is 4. The van der Waals surface area contributed by atoms with E-state index in [1.54, 1.807) is 6.08 Å². The summed E-state index contributed by atoms with van der Waals surface area (Å²) in [6.07, 6.45) is 1.70. The predicted octanol–water partition coefficient (Wildman–Crippen LogP) is 5.22. The molecule has 4 aromatic carbocycles. The smallest absolute Gasteiger partial charge is 0.262 e. The summed E-state index contributed by atoms with van der Waals surface area (Å²) in [6.45, 7) is 0.384. The van der Waals surface area contributed by atoms with Crippen molar-refractivity contribution in [2.24, 2.45) is 0 Å². The zero-order valence-corrected chi connectivity index (χ0v) is 15.2. The van der Waals surface area contributed by atoms with Crippen LogP contribution in [0, 0.1) is 11.3 Å². The summed E-state index contributed by atoms with van der Waals surface area (Å²) in [4.78, 5) is 12.6. The van der Waals surface area contributed by atoms with Gasteiger partial charge in [-0.15, -0.1) is 0 Å². The lowest BCUT2D eigenvalue weighted by Gasteiger charge is -2.09. The second kappa shape index (κ2) is 7.77. The highest BCUT2D eigenvalue weighted by molar-refractivity contribution is 6.11. The Hall–Kier alpha value is -3.90. The van der Waals surface area contributed by atoms with Gasteiger partial charge < -0.3 is 5.32 Å². The maximum Gasteiger partial charge on any atom is 0.262 e. The molecular formula is C25H18N2O. The molecule has 0 atom stereocenters. The van der Waals surface area contributed by atoms with Crippen LogP contribution in [0.3, 0.4) is 0 Å². The third kappa shape index (κ3) is 3.49. The van der Waals surface area contributed by atoms with Crippen molar-refractivity contribution < 1.29 is 4.79 Å². The van der Waals surface area contributed by atoms with Gasteiger partial charge in [0.05, 0.1) is 0 Å². The summed E-state index contributed by atoms with van der Waals surface area (Å²) in [7, 11) is 0. The molecule has 0 aliphatic carbocycles. The molecule has 0 aliphatic heterocycles. The highest BCUT2D eigenvalue weighted by Crippen LogP contribution is 2.30. The molecule has 0 unspecified atom stereocenters. The normalized spacial score (nSPS) is 11.3. The molecular weight excluding hydrogens is 344 g/mol. The second-order valence-corrected chi connectivity index (χ2v) is 6.57. The van der Waals surface area contributed by atoms with Crippen LogP contribution in [0.1, 0.15) is 11.1 Å². The molecule has 0 aliphatic rings. The Bertz CT molecular complexity index is 1180. The van der Waals surface area contributed by atoms with Crippen molar-refractivity contribution in [1.29, 1.82) is 5.26 Å². The first-order chi connectivity index (χ1) is 13.8. The molecule has 3 heteroatoms. The Morgan fingerprint density at radius 3 is 2.04 bits per heavy atom. The first-order valence-corrected chi connectivity index (χ1v) is 9.10. The minimum atomic E-state index is -0.372. The molecule has 3 nitrogen and oxygen atoms in total. The van der Waals surface area contributed by atoms with Gasteiger partial charge in [0.25, 0.3) is 5.91 Å². The summed E-state index contributed by atoms with van der Waals surface area (Å²) in [5.74, 6) is -0.372. The topological polar surface area (TPSA) is 52.9 Å². The van der Waals surface area contributed by atoms with Gasteiger partial charge in [0.1, 0.15) is 11.6 Å². The Morgan fingerprint density at radius 2 is 1.43 bits per heavy atom. The van der Waals surface area contributed by atoms with Crippen molar-refractivity contribution in [3.05, 3.63) is 102 Å². The molecule has 28 heavy (non-hydrogen) atoms. The van der Waals surface area contributed by atoms with E-state index in [0.29, 0.717) is 6.54 Å². The second-order valence-electron chi connectivity index (χ2n) is 6.57. The quantitative estimate of drug-likeness (QED) is 0.307. The molecule has 0 heterocycles. The SMILES string of the molecule is N#C/C(=C/c1c2ccccc2cc2ccccc12)C(=O)NCc1ccccc1. The highest BCUT2D eigenvalue weighted by atomic mass is 16.1. The van der Waals surface area contributed by atoms with Gasteiger partial charge >= 0.3 is 0 Å². The zero-order valence-electron chi connectivity index (χ0n) is 15.2. The first kappa shape index (κ1) is 17.5. The van der Waals surface area contributed by atoms with E-state index in [0.717, 1.165) is 32.7 Å². The molecule has 0 bridgehead atoms. The van der Waals surface area contributed by atoms with Crippen LogP contribution in [0.5, 0.6) is 0 Å². The van der Waals surface area contributed by atoms with Gasteiger partial charge in [-0.1, -0.05) is 78.9 Å². The van der Waals surface area contributed by atoms with Crippen molar-refractivity contribution in [2.45, 2.75) is 6.54 Å². The Morgan fingerprint density at radius 1 is 0.857 bits per heavy atom. The van der Waals surface area contributed by atoms with Crippen LogP contribution < -0.4 is 5.32 Å². The molecule has 0 saturated heterocycles. The van der Waals surface area contributed by atoms with Crippen LogP contribution in [0.4, 0.5) is 0 Å². The predicted molar refractivity (Wildman–Crippen MR) is 113 cm³/mol.